The van der Waals surface area contributed by atoms with E-state index in [2.05, 4.69) is 5.32 Å². The van der Waals surface area contributed by atoms with E-state index in [4.69, 9.17) is 23.2 Å². The number of hydrogen-bond acceptors (Lipinski definition) is 3. The van der Waals surface area contributed by atoms with Crippen molar-refractivity contribution in [2.45, 2.75) is 6.54 Å². The summed E-state index contributed by atoms with van der Waals surface area (Å²) in [6, 6.07) is 3.07. The molecule has 0 aromatic heterocycles. The molecular weight excluding hydrogens is 263 g/mol. The number of nitrogens with zero attached hydrogens (tertiary/aromatic N) is 1. The fraction of sp³-hybridized carbons (Fsp3) is 0.364. The maximum Gasteiger partial charge on any atom is 0.236 e. The van der Waals surface area contributed by atoms with Crippen molar-refractivity contribution >= 4 is 29.1 Å². The Bertz CT molecular complexity index is 422. The van der Waals surface area contributed by atoms with Crippen LogP contribution in [0.3, 0.4) is 0 Å². The third-order valence-electron chi connectivity index (χ3n) is 2.20. The fourth-order valence-corrected chi connectivity index (χ4v) is 1.75. The third kappa shape index (κ3) is 4.07. The predicted octanol–water partition coefficient (Wildman–Crippen LogP) is 1.88. The molecule has 0 spiro atoms. The van der Waals surface area contributed by atoms with Gasteiger partial charge in [0.1, 0.15) is 5.75 Å². The predicted molar refractivity (Wildman–Crippen MR) is 68.5 cm³/mol. The lowest BCUT2D eigenvalue weighted by Crippen LogP contribution is -2.32. The second-order valence-corrected chi connectivity index (χ2v) is 4.63. The van der Waals surface area contributed by atoms with Gasteiger partial charge >= 0.3 is 0 Å². The van der Waals surface area contributed by atoms with Gasteiger partial charge in [-0.3, -0.25) is 4.79 Å². The van der Waals surface area contributed by atoms with Gasteiger partial charge in [-0.1, -0.05) is 23.2 Å². The molecule has 0 radical (unpaired) electrons. The molecule has 4 nitrogen and oxygen atoms in total. The van der Waals surface area contributed by atoms with Gasteiger partial charge in [-0.15, -0.1) is 0 Å². The van der Waals surface area contributed by atoms with Crippen molar-refractivity contribution in [3.63, 3.8) is 0 Å². The monoisotopic (exact) mass is 276 g/mol. The second-order valence-electron chi connectivity index (χ2n) is 3.79. The van der Waals surface area contributed by atoms with E-state index in [0.29, 0.717) is 17.1 Å². The second kappa shape index (κ2) is 6.10. The first kappa shape index (κ1) is 14.1. The minimum absolute atomic E-state index is 0.0131. The van der Waals surface area contributed by atoms with Gasteiger partial charge < -0.3 is 15.3 Å². The number of carbonyl (C=O) groups excluding carboxylic acids is 1. The molecule has 1 rings (SSSR count). The van der Waals surface area contributed by atoms with Crippen LogP contribution in [0.4, 0.5) is 0 Å². The van der Waals surface area contributed by atoms with Crippen LogP contribution in [0.15, 0.2) is 12.1 Å². The normalized spacial score (nSPS) is 10.4. The molecule has 1 amide bonds. The van der Waals surface area contributed by atoms with Crippen molar-refractivity contribution in [1.29, 1.82) is 0 Å². The molecule has 0 bridgehead atoms. The molecular formula is C11H14Cl2N2O2. The Morgan fingerprint density at radius 3 is 2.65 bits per heavy atom. The van der Waals surface area contributed by atoms with Crippen molar-refractivity contribution in [3.8, 4) is 5.75 Å². The average molecular weight is 277 g/mol. The van der Waals surface area contributed by atoms with Crippen LogP contribution < -0.4 is 5.32 Å². The molecule has 2 N–H and O–H groups in total. The summed E-state index contributed by atoms with van der Waals surface area (Å²) in [6.45, 7) is 0.516. The zero-order valence-electron chi connectivity index (χ0n) is 9.63. The summed E-state index contributed by atoms with van der Waals surface area (Å²) in [4.78, 5) is 12.8. The van der Waals surface area contributed by atoms with E-state index in [1.54, 1.807) is 20.2 Å². The van der Waals surface area contributed by atoms with Gasteiger partial charge in [0.05, 0.1) is 11.6 Å². The molecule has 0 atom stereocenters. The smallest absolute Gasteiger partial charge is 0.236 e. The molecule has 1 aromatic carbocycles. The Labute approximate surface area is 110 Å². The largest absolute Gasteiger partial charge is 0.506 e. The molecule has 0 unspecified atom stereocenters. The highest BCUT2D eigenvalue weighted by atomic mass is 35.5. The number of benzene rings is 1. The quantitative estimate of drug-likeness (QED) is 0.883. The van der Waals surface area contributed by atoms with Crippen LogP contribution in [0.2, 0.25) is 10.0 Å². The molecule has 0 saturated heterocycles. The Morgan fingerprint density at radius 1 is 1.41 bits per heavy atom. The van der Waals surface area contributed by atoms with Crippen LogP contribution in [0.5, 0.6) is 5.75 Å². The number of halogens is 2. The van der Waals surface area contributed by atoms with Gasteiger partial charge in [-0.25, -0.2) is 0 Å². The first-order valence-electron chi connectivity index (χ1n) is 4.99. The number of hydrogen-bond donors (Lipinski definition) is 2. The Kier molecular flexibility index (Phi) is 5.05. The molecule has 0 aliphatic carbocycles. The topological polar surface area (TPSA) is 52.6 Å². The van der Waals surface area contributed by atoms with E-state index >= 15 is 0 Å². The lowest BCUT2D eigenvalue weighted by Gasteiger charge is -2.12. The summed E-state index contributed by atoms with van der Waals surface area (Å²) in [5.41, 5.74) is 0.564. The van der Waals surface area contributed by atoms with Gasteiger partial charge in [0.25, 0.3) is 0 Å². The Morgan fingerprint density at radius 2 is 2.06 bits per heavy atom. The highest BCUT2D eigenvalue weighted by Gasteiger charge is 2.09. The van der Waals surface area contributed by atoms with Gasteiger partial charge in [0, 0.05) is 31.2 Å². The summed E-state index contributed by atoms with van der Waals surface area (Å²) in [7, 11) is 3.36. The highest BCUT2D eigenvalue weighted by molar-refractivity contribution is 6.35. The zero-order chi connectivity index (χ0) is 13.0. The summed E-state index contributed by atoms with van der Waals surface area (Å²) in [5.74, 6) is -0.0570. The number of carbonyl (C=O) groups is 1. The molecule has 0 saturated carbocycles. The standard InChI is InChI=1S/C11H14Cl2N2O2/c1-15(2)10(16)6-14-5-7-3-8(12)4-9(13)11(7)17/h3-4,14,17H,5-6H2,1-2H3. The lowest BCUT2D eigenvalue weighted by atomic mass is 10.2. The molecule has 1 aromatic rings. The van der Waals surface area contributed by atoms with Crippen molar-refractivity contribution in [3.05, 3.63) is 27.7 Å². The molecule has 0 fully saturated rings. The van der Waals surface area contributed by atoms with Crippen LogP contribution in [-0.4, -0.2) is 36.6 Å². The van der Waals surface area contributed by atoms with Crippen molar-refractivity contribution in [2.75, 3.05) is 20.6 Å². The van der Waals surface area contributed by atoms with Crippen LogP contribution in [0, 0.1) is 0 Å². The zero-order valence-corrected chi connectivity index (χ0v) is 11.1. The Balaban J connectivity index is 2.61. The van der Waals surface area contributed by atoms with Crippen molar-refractivity contribution < 1.29 is 9.90 Å². The molecule has 17 heavy (non-hydrogen) atoms. The van der Waals surface area contributed by atoms with Crippen LogP contribution >= 0.6 is 23.2 Å². The van der Waals surface area contributed by atoms with E-state index in [1.165, 1.54) is 11.0 Å². The van der Waals surface area contributed by atoms with Gasteiger partial charge in [0.15, 0.2) is 0 Å². The van der Waals surface area contributed by atoms with E-state index in [1.807, 2.05) is 0 Å². The third-order valence-corrected chi connectivity index (χ3v) is 2.70. The minimum Gasteiger partial charge on any atom is -0.506 e. The van der Waals surface area contributed by atoms with Crippen LogP contribution in [0.1, 0.15) is 5.56 Å². The van der Waals surface area contributed by atoms with Gasteiger partial charge in [0.2, 0.25) is 5.91 Å². The number of phenols is 1. The summed E-state index contributed by atoms with van der Waals surface area (Å²) in [5, 5.41) is 13.2. The fourth-order valence-electron chi connectivity index (χ4n) is 1.22. The highest BCUT2D eigenvalue weighted by Crippen LogP contribution is 2.30. The first-order chi connectivity index (χ1) is 7.91. The summed E-state index contributed by atoms with van der Waals surface area (Å²) < 4.78 is 0. The molecule has 0 heterocycles. The van der Waals surface area contributed by atoms with Crippen LogP contribution in [0.25, 0.3) is 0 Å². The molecule has 0 aliphatic rings. The summed E-state index contributed by atoms with van der Waals surface area (Å²) >= 11 is 11.6. The number of likely N-dealkylation sites (N-methyl/N-ethyl adjacent to an activating group) is 1. The maximum absolute atomic E-state index is 11.3. The summed E-state index contributed by atoms with van der Waals surface area (Å²) in [6.07, 6.45) is 0. The molecule has 0 aliphatic heterocycles. The van der Waals surface area contributed by atoms with Gasteiger partial charge in [-0.2, -0.15) is 0 Å². The number of rotatable bonds is 4. The number of phenolic OH excluding ortho intramolecular Hbond substituents is 1. The van der Waals surface area contributed by atoms with Crippen LogP contribution in [-0.2, 0) is 11.3 Å². The molecule has 94 valence electrons. The average Bonchev–Trinajstić information content (AvgIpc) is 2.24. The number of nitrogens with one attached hydrogen (secondary N) is 1. The number of amides is 1. The van der Waals surface area contributed by atoms with E-state index in [9.17, 15) is 9.90 Å². The first-order valence-corrected chi connectivity index (χ1v) is 5.75. The van der Waals surface area contributed by atoms with Crippen molar-refractivity contribution in [1.82, 2.24) is 10.2 Å². The minimum atomic E-state index is -0.0439. The van der Waals surface area contributed by atoms with E-state index in [-0.39, 0.29) is 23.2 Å². The lowest BCUT2D eigenvalue weighted by molar-refractivity contribution is -0.127. The SMILES string of the molecule is CN(C)C(=O)CNCc1cc(Cl)cc(Cl)c1O. The number of aromatic hydroxyl groups is 1. The van der Waals surface area contributed by atoms with E-state index in [0.717, 1.165) is 0 Å². The van der Waals surface area contributed by atoms with Crippen molar-refractivity contribution in [2.24, 2.45) is 0 Å². The van der Waals surface area contributed by atoms with Gasteiger partial charge in [-0.05, 0) is 12.1 Å². The molecule has 6 heteroatoms. The Hall–Kier alpha value is -0.970. The maximum atomic E-state index is 11.3. The van der Waals surface area contributed by atoms with E-state index < -0.39 is 0 Å².